The van der Waals surface area contributed by atoms with Gasteiger partial charge in [-0.1, -0.05) is 0 Å². The number of hydrogen-bond acceptors (Lipinski definition) is 6. The van der Waals surface area contributed by atoms with Crippen LogP contribution in [-0.2, 0) is 20.2 Å². The number of rotatable bonds is 5. The Balaban J connectivity index is 5.22. The van der Waals surface area contributed by atoms with Crippen LogP contribution in [0.3, 0.4) is 0 Å². The van der Waals surface area contributed by atoms with E-state index in [9.17, 15) is 16.8 Å². The lowest BCUT2D eigenvalue weighted by Gasteiger charge is -2.18. The van der Waals surface area contributed by atoms with Crippen molar-refractivity contribution in [2.24, 2.45) is 11.5 Å². The average Bonchev–Trinajstić information content (AvgIpc) is 1.94. The van der Waals surface area contributed by atoms with Crippen LogP contribution in [0.25, 0.3) is 0 Å². The largest absolute Gasteiger partial charge is 0.329 e. The summed E-state index contributed by atoms with van der Waals surface area (Å²) in [6.07, 6.45) is 0. The SMILES string of the molecule is NCC(C(CN)S(=O)(=O)O)S(=O)(=O)O. The van der Waals surface area contributed by atoms with Crippen LogP contribution in [0, 0.1) is 0 Å². The minimum absolute atomic E-state index is 0.652. The molecule has 86 valence electrons. The maximum atomic E-state index is 10.7. The highest BCUT2D eigenvalue weighted by atomic mass is 32.2. The number of nitrogens with two attached hydrogens (primary N) is 2. The summed E-state index contributed by atoms with van der Waals surface area (Å²) in [7, 11) is -9.31. The van der Waals surface area contributed by atoms with E-state index >= 15 is 0 Å². The fourth-order valence-corrected chi connectivity index (χ4v) is 3.25. The Morgan fingerprint density at radius 3 is 1.14 bits per heavy atom. The molecule has 0 bridgehead atoms. The molecule has 0 aliphatic heterocycles. The van der Waals surface area contributed by atoms with Crippen LogP contribution in [0.1, 0.15) is 0 Å². The third-order valence-electron chi connectivity index (χ3n) is 1.64. The van der Waals surface area contributed by atoms with Gasteiger partial charge in [0.05, 0.1) is 0 Å². The second-order valence-corrected chi connectivity index (χ2v) is 5.85. The van der Waals surface area contributed by atoms with Crippen molar-refractivity contribution in [3.8, 4) is 0 Å². The van der Waals surface area contributed by atoms with E-state index in [2.05, 4.69) is 0 Å². The van der Waals surface area contributed by atoms with E-state index in [0.29, 0.717) is 0 Å². The van der Waals surface area contributed by atoms with E-state index < -0.39 is 43.8 Å². The summed E-state index contributed by atoms with van der Waals surface area (Å²) < 4.78 is 59.8. The molecule has 0 radical (unpaired) electrons. The molecular formula is C4H12N2O6S2. The maximum Gasteiger partial charge on any atom is 0.270 e. The van der Waals surface area contributed by atoms with Crippen molar-refractivity contribution >= 4 is 20.2 Å². The van der Waals surface area contributed by atoms with Gasteiger partial charge in [-0.3, -0.25) is 9.11 Å². The number of hydrogen-bond donors (Lipinski definition) is 4. The fourth-order valence-electron chi connectivity index (χ4n) is 0.930. The van der Waals surface area contributed by atoms with E-state index in [1.807, 2.05) is 0 Å². The molecule has 0 heterocycles. The van der Waals surface area contributed by atoms with E-state index in [0.717, 1.165) is 0 Å². The Morgan fingerprint density at radius 1 is 0.857 bits per heavy atom. The topological polar surface area (TPSA) is 161 Å². The monoisotopic (exact) mass is 248 g/mol. The zero-order chi connectivity index (χ0) is 11.6. The van der Waals surface area contributed by atoms with Crippen LogP contribution in [0.15, 0.2) is 0 Å². The lowest BCUT2D eigenvalue weighted by molar-refractivity contribution is 0.439. The van der Waals surface area contributed by atoms with E-state index in [1.165, 1.54) is 0 Å². The summed E-state index contributed by atoms with van der Waals surface area (Å²) in [6, 6.07) is 0. The Bertz CT molecular complexity index is 335. The quantitative estimate of drug-likeness (QED) is 0.385. The van der Waals surface area contributed by atoms with Crippen LogP contribution in [0.5, 0.6) is 0 Å². The molecule has 10 heteroatoms. The highest BCUT2D eigenvalue weighted by Gasteiger charge is 2.38. The molecule has 0 spiro atoms. The average molecular weight is 248 g/mol. The Kier molecular flexibility index (Phi) is 4.42. The predicted octanol–water partition coefficient (Wildman–Crippen LogP) is -2.58. The van der Waals surface area contributed by atoms with Gasteiger partial charge in [-0.25, -0.2) is 0 Å². The molecule has 14 heavy (non-hydrogen) atoms. The summed E-state index contributed by atoms with van der Waals surface area (Å²) in [5.74, 6) is 0. The van der Waals surface area contributed by atoms with Gasteiger partial charge in [0.15, 0.2) is 0 Å². The van der Waals surface area contributed by atoms with Crippen molar-refractivity contribution in [2.45, 2.75) is 10.5 Å². The predicted molar refractivity (Wildman–Crippen MR) is 48.8 cm³/mol. The molecule has 0 aromatic rings. The van der Waals surface area contributed by atoms with Gasteiger partial charge in [0, 0.05) is 13.1 Å². The highest BCUT2D eigenvalue weighted by Crippen LogP contribution is 2.10. The van der Waals surface area contributed by atoms with Gasteiger partial charge in [-0.2, -0.15) is 16.8 Å². The molecule has 0 saturated carbocycles. The van der Waals surface area contributed by atoms with E-state index in [4.69, 9.17) is 20.6 Å². The zero-order valence-corrected chi connectivity index (χ0v) is 8.70. The minimum atomic E-state index is -4.65. The van der Waals surface area contributed by atoms with Crippen LogP contribution in [0.4, 0.5) is 0 Å². The molecule has 0 saturated heterocycles. The summed E-state index contributed by atoms with van der Waals surface area (Å²) in [6.45, 7) is -1.30. The maximum absolute atomic E-state index is 10.7. The second-order valence-electron chi connectivity index (χ2n) is 2.58. The van der Waals surface area contributed by atoms with E-state index in [-0.39, 0.29) is 0 Å². The zero-order valence-electron chi connectivity index (χ0n) is 7.07. The highest BCUT2D eigenvalue weighted by molar-refractivity contribution is 7.90. The molecule has 0 rings (SSSR count). The molecule has 0 amide bonds. The first kappa shape index (κ1) is 13.7. The molecule has 2 unspecified atom stereocenters. The van der Waals surface area contributed by atoms with Crippen molar-refractivity contribution in [1.29, 1.82) is 0 Å². The van der Waals surface area contributed by atoms with Gasteiger partial charge in [-0.15, -0.1) is 0 Å². The summed E-state index contributed by atoms with van der Waals surface area (Å²) in [5.41, 5.74) is 9.92. The van der Waals surface area contributed by atoms with Crippen molar-refractivity contribution in [3.63, 3.8) is 0 Å². The Hall–Kier alpha value is -0.260. The Labute approximate surface area is 81.8 Å². The molecule has 0 aliphatic carbocycles. The summed E-state index contributed by atoms with van der Waals surface area (Å²) in [4.78, 5) is 0. The molecule has 0 aliphatic rings. The van der Waals surface area contributed by atoms with Crippen LogP contribution < -0.4 is 11.5 Å². The van der Waals surface area contributed by atoms with Gasteiger partial charge in [0.2, 0.25) is 0 Å². The normalized spacial score (nSPS) is 17.7. The lowest BCUT2D eigenvalue weighted by Crippen LogP contribution is -2.48. The van der Waals surface area contributed by atoms with Gasteiger partial charge < -0.3 is 11.5 Å². The smallest absolute Gasteiger partial charge is 0.270 e. The third kappa shape index (κ3) is 3.48. The minimum Gasteiger partial charge on any atom is -0.329 e. The van der Waals surface area contributed by atoms with Crippen molar-refractivity contribution in [1.82, 2.24) is 0 Å². The van der Waals surface area contributed by atoms with Crippen molar-refractivity contribution < 1.29 is 25.9 Å². The first-order valence-electron chi connectivity index (χ1n) is 3.47. The van der Waals surface area contributed by atoms with E-state index in [1.54, 1.807) is 0 Å². The standard InChI is InChI=1S/C4H12N2O6S2/c5-1-3(13(7,8)9)4(2-6)14(10,11)12/h3-4H,1-2,5-6H2,(H,7,8,9)(H,10,11,12). The van der Waals surface area contributed by atoms with Gasteiger partial charge >= 0.3 is 0 Å². The molecule has 0 aromatic carbocycles. The first-order valence-corrected chi connectivity index (χ1v) is 6.48. The van der Waals surface area contributed by atoms with Crippen molar-refractivity contribution in [3.05, 3.63) is 0 Å². The Morgan fingerprint density at radius 2 is 1.07 bits per heavy atom. The summed E-state index contributed by atoms with van der Waals surface area (Å²) in [5, 5.41) is -3.63. The molecule has 2 atom stereocenters. The van der Waals surface area contributed by atoms with Gasteiger partial charge in [-0.05, 0) is 0 Å². The van der Waals surface area contributed by atoms with Gasteiger partial charge in [0.1, 0.15) is 10.5 Å². The van der Waals surface area contributed by atoms with Gasteiger partial charge in [0.25, 0.3) is 20.2 Å². The first-order chi connectivity index (χ1) is 6.14. The molecule has 6 N–H and O–H groups in total. The second kappa shape index (κ2) is 4.51. The molecule has 0 fully saturated rings. The van der Waals surface area contributed by atoms with Crippen LogP contribution >= 0.6 is 0 Å². The molecule has 0 aromatic heterocycles. The molecular weight excluding hydrogens is 236 g/mol. The van der Waals surface area contributed by atoms with Crippen LogP contribution in [-0.4, -0.2) is 49.5 Å². The third-order valence-corrected chi connectivity index (χ3v) is 4.39. The fraction of sp³-hybridized carbons (Fsp3) is 1.00. The molecule has 8 nitrogen and oxygen atoms in total. The summed E-state index contributed by atoms with van der Waals surface area (Å²) >= 11 is 0. The lowest BCUT2D eigenvalue weighted by atomic mass is 10.3. The van der Waals surface area contributed by atoms with Crippen molar-refractivity contribution in [2.75, 3.05) is 13.1 Å². The van der Waals surface area contributed by atoms with Crippen LogP contribution in [0.2, 0.25) is 0 Å².